The molecule has 0 aliphatic carbocycles. The molecule has 58 heavy (non-hydrogen) atoms. The van der Waals surface area contributed by atoms with Crippen molar-refractivity contribution in [3.8, 4) is 0 Å². The lowest BCUT2D eigenvalue weighted by molar-refractivity contribution is -0.163. The van der Waals surface area contributed by atoms with Crippen LogP contribution in [0.1, 0.15) is 265 Å². The number of carbonyl (C=O) groups is 2. The van der Waals surface area contributed by atoms with E-state index in [0.29, 0.717) is 19.4 Å². The van der Waals surface area contributed by atoms with E-state index in [9.17, 15) is 9.59 Å². The molecule has 0 amide bonds. The molecular formula is C53H98O5. The molecule has 0 saturated heterocycles. The molecule has 0 aliphatic heterocycles. The molecule has 1 unspecified atom stereocenters. The molecule has 0 saturated carbocycles. The first-order valence-corrected chi connectivity index (χ1v) is 25.5. The van der Waals surface area contributed by atoms with Crippen LogP contribution in [0.15, 0.2) is 36.5 Å². The lowest BCUT2D eigenvalue weighted by atomic mass is 10.0. The molecule has 0 bridgehead atoms. The summed E-state index contributed by atoms with van der Waals surface area (Å²) in [6.07, 6.45) is 59.0. The summed E-state index contributed by atoms with van der Waals surface area (Å²) in [5.74, 6) is -0.403. The van der Waals surface area contributed by atoms with Gasteiger partial charge in [0.15, 0.2) is 6.10 Å². The third-order valence-electron chi connectivity index (χ3n) is 11.2. The summed E-state index contributed by atoms with van der Waals surface area (Å²) in [7, 11) is 0. The average molecular weight is 815 g/mol. The second-order valence-corrected chi connectivity index (χ2v) is 17.1. The van der Waals surface area contributed by atoms with E-state index in [2.05, 4.69) is 57.2 Å². The van der Waals surface area contributed by atoms with Gasteiger partial charge in [0.25, 0.3) is 0 Å². The van der Waals surface area contributed by atoms with Crippen molar-refractivity contribution in [3.05, 3.63) is 36.5 Å². The normalized spacial score (nSPS) is 12.4. The van der Waals surface area contributed by atoms with Gasteiger partial charge in [-0.2, -0.15) is 0 Å². The predicted molar refractivity (Wildman–Crippen MR) is 252 cm³/mol. The maximum atomic E-state index is 12.6. The van der Waals surface area contributed by atoms with Crippen LogP contribution in [0.5, 0.6) is 0 Å². The molecule has 0 aromatic carbocycles. The van der Waals surface area contributed by atoms with E-state index in [4.69, 9.17) is 14.2 Å². The first-order chi connectivity index (χ1) is 28.6. The van der Waals surface area contributed by atoms with Gasteiger partial charge in [0.05, 0.1) is 6.61 Å². The van der Waals surface area contributed by atoms with E-state index in [1.54, 1.807) is 0 Å². The first kappa shape index (κ1) is 56.1. The van der Waals surface area contributed by atoms with Crippen molar-refractivity contribution in [2.45, 2.75) is 271 Å². The molecule has 0 N–H and O–H groups in total. The smallest absolute Gasteiger partial charge is 0.306 e. The van der Waals surface area contributed by atoms with Gasteiger partial charge in [0.1, 0.15) is 6.61 Å². The van der Waals surface area contributed by atoms with Gasteiger partial charge < -0.3 is 14.2 Å². The SMILES string of the molecule is CCCCC/C=C\C/C=C\C/C=C\CCCCCCCCCOCC(COC(=O)CCCCCCCCCCCCCCCCCCC)OC(=O)CCCCCCC. The number of unbranched alkanes of at least 4 members (excludes halogenated alkanes) is 30. The molecule has 0 spiro atoms. The molecule has 0 fully saturated rings. The second-order valence-electron chi connectivity index (χ2n) is 17.1. The highest BCUT2D eigenvalue weighted by molar-refractivity contribution is 5.70. The van der Waals surface area contributed by atoms with Gasteiger partial charge in [-0.1, -0.05) is 231 Å². The Hall–Kier alpha value is -1.88. The molecule has 0 rings (SSSR count). The Bertz CT molecular complexity index is 924. The van der Waals surface area contributed by atoms with Crippen LogP contribution in [0, 0.1) is 0 Å². The van der Waals surface area contributed by atoms with Gasteiger partial charge in [-0.25, -0.2) is 0 Å². The van der Waals surface area contributed by atoms with Crippen molar-refractivity contribution in [2.24, 2.45) is 0 Å². The number of ether oxygens (including phenoxy) is 3. The third-order valence-corrected chi connectivity index (χ3v) is 11.2. The number of hydrogen-bond donors (Lipinski definition) is 0. The molecule has 0 radical (unpaired) electrons. The summed E-state index contributed by atoms with van der Waals surface area (Å²) in [5, 5.41) is 0. The lowest BCUT2D eigenvalue weighted by Crippen LogP contribution is -2.30. The van der Waals surface area contributed by atoms with Crippen LogP contribution in [0.3, 0.4) is 0 Å². The molecule has 340 valence electrons. The quantitative estimate of drug-likeness (QED) is 0.0348. The third kappa shape index (κ3) is 46.8. The second kappa shape index (κ2) is 49.5. The van der Waals surface area contributed by atoms with E-state index in [0.717, 1.165) is 57.8 Å². The molecule has 1 atom stereocenters. The molecular weight excluding hydrogens is 717 g/mol. The zero-order valence-electron chi connectivity index (χ0n) is 39.1. The standard InChI is InChI=1S/C53H98O5/c1-4-7-10-13-15-17-19-21-23-25-26-27-29-31-33-35-37-39-42-45-48-56-49-51(58-53(55)47-44-40-12-9-6-3)50-57-52(54)46-43-41-38-36-34-32-30-28-24-22-20-18-16-14-11-8-5-2/h15,17,21,23,26-27,51H,4-14,16,18-20,22,24-25,28-50H2,1-3H3/b17-15-,23-21-,27-26-. The monoisotopic (exact) mass is 815 g/mol. The van der Waals surface area contributed by atoms with Gasteiger partial charge in [-0.05, 0) is 57.8 Å². The van der Waals surface area contributed by atoms with Gasteiger partial charge in [-0.3, -0.25) is 9.59 Å². The summed E-state index contributed by atoms with van der Waals surface area (Å²) < 4.78 is 17.3. The van der Waals surface area contributed by atoms with E-state index in [-0.39, 0.29) is 25.2 Å². The Labute approximate surface area is 361 Å². The van der Waals surface area contributed by atoms with E-state index in [1.165, 1.54) is 173 Å². The van der Waals surface area contributed by atoms with Crippen molar-refractivity contribution in [3.63, 3.8) is 0 Å². The van der Waals surface area contributed by atoms with Crippen LogP contribution in [0.4, 0.5) is 0 Å². The summed E-state index contributed by atoms with van der Waals surface area (Å²) in [6.45, 7) is 7.75. The minimum absolute atomic E-state index is 0.0854. The van der Waals surface area contributed by atoms with E-state index >= 15 is 0 Å². The Morgan fingerprint density at radius 3 is 1.19 bits per heavy atom. The van der Waals surface area contributed by atoms with Crippen molar-refractivity contribution in [1.29, 1.82) is 0 Å². The summed E-state index contributed by atoms with van der Waals surface area (Å²) in [4.78, 5) is 25.1. The fourth-order valence-corrected chi connectivity index (χ4v) is 7.34. The Morgan fingerprint density at radius 1 is 0.379 bits per heavy atom. The maximum absolute atomic E-state index is 12.6. The van der Waals surface area contributed by atoms with Crippen molar-refractivity contribution in [2.75, 3.05) is 19.8 Å². The largest absolute Gasteiger partial charge is 0.462 e. The van der Waals surface area contributed by atoms with Crippen LogP contribution in [-0.4, -0.2) is 37.9 Å². The van der Waals surface area contributed by atoms with Crippen LogP contribution in [0.25, 0.3) is 0 Å². The highest BCUT2D eigenvalue weighted by Gasteiger charge is 2.17. The summed E-state index contributed by atoms with van der Waals surface area (Å²) in [6, 6.07) is 0. The number of hydrogen-bond acceptors (Lipinski definition) is 5. The molecule has 5 nitrogen and oxygen atoms in total. The summed E-state index contributed by atoms with van der Waals surface area (Å²) >= 11 is 0. The highest BCUT2D eigenvalue weighted by atomic mass is 16.6. The van der Waals surface area contributed by atoms with Gasteiger partial charge in [0.2, 0.25) is 0 Å². The number of carbonyl (C=O) groups excluding carboxylic acids is 2. The van der Waals surface area contributed by atoms with Crippen LogP contribution < -0.4 is 0 Å². The van der Waals surface area contributed by atoms with Gasteiger partial charge in [-0.15, -0.1) is 0 Å². The van der Waals surface area contributed by atoms with Gasteiger partial charge >= 0.3 is 11.9 Å². The fraction of sp³-hybridized carbons (Fsp3) is 0.849. The molecule has 0 aliphatic rings. The van der Waals surface area contributed by atoms with Crippen LogP contribution >= 0.6 is 0 Å². The highest BCUT2D eigenvalue weighted by Crippen LogP contribution is 2.15. The minimum atomic E-state index is -0.532. The summed E-state index contributed by atoms with van der Waals surface area (Å²) in [5.41, 5.74) is 0. The first-order valence-electron chi connectivity index (χ1n) is 25.5. The van der Waals surface area contributed by atoms with Crippen molar-refractivity contribution in [1.82, 2.24) is 0 Å². The molecule has 0 aromatic rings. The van der Waals surface area contributed by atoms with Crippen molar-refractivity contribution >= 4 is 11.9 Å². The molecule has 0 aromatic heterocycles. The van der Waals surface area contributed by atoms with Gasteiger partial charge in [0, 0.05) is 19.4 Å². The minimum Gasteiger partial charge on any atom is -0.462 e. The number of esters is 2. The topological polar surface area (TPSA) is 61.8 Å². The van der Waals surface area contributed by atoms with E-state index < -0.39 is 6.10 Å². The van der Waals surface area contributed by atoms with E-state index in [1.807, 2.05) is 0 Å². The van der Waals surface area contributed by atoms with Crippen LogP contribution in [0.2, 0.25) is 0 Å². The number of allylic oxidation sites excluding steroid dienone is 6. The molecule has 5 heteroatoms. The zero-order chi connectivity index (χ0) is 42.1. The average Bonchev–Trinajstić information content (AvgIpc) is 3.22. The Balaban J connectivity index is 4.00. The van der Waals surface area contributed by atoms with Crippen molar-refractivity contribution < 1.29 is 23.8 Å². The fourth-order valence-electron chi connectivity index (χ4n) is 7.34. The predicted octanol–water partition coefficient (Wildman–Crippen LogP) is 17.0. The van der Waals surface area contributed by atoms with Crippen LogP contribution in [-0.2, 0) is 23.8 Å². The number of rotatable bonds is 47. The maximum Gasteiger partial charge on any atom is 0.306 e. The lowest BCUT2D eigenvalue weighted by Gasteiger charge is -2.18. The Kier molecular flexibility index (Phi) is 47.9. The Morgan fingerprint density at radius 2 is 0.724 bits per heavy atom. The zero-order valence-corrected chi connectivity index (χ0v) is 39.1. The molecule has 0 heterocycles.